The minimum Gasteiger partial charge on any atom is -0.327 e. The minimum absolute atomic E-state index is 0.140. The highest BCUT2D eigenvalue weighted by molar-refractivity contribution is 6.30. The molecule has 1 aromatic heterocycles. The van der Waals surface area contributed by atoms with Crippen LogP contribution in [0.25, 0.3) is 0 Å². The fourth-order valence-electron chi connectivity index (χ4n) is 1.44. The summed E-state index contributed by atoms with van der Waals surface area (Å²) in [6, 6.07) is 6.89. The summed E-state index contributed by atoms with van der Waals surface area (Å²) in [6.45, 7) is 0. The van der Waals surface area contributed by atoms with E-state index in [9.17, 15) is 8.78 Å². The van der Waals surface area contributed by atoms with Gasteiger partial charge >= 0.3 is 0 Å². The third-order valence-electron chi connectivity index (χ3n) is 2.32. The zero-order valence-electron chi connectivity index (χ0n) is 8.99. The molecule has 2 aromatic rings. The van der Waals surface area contributed by atoms with Crippen molar-refractivity contribution in [2.24, 2.45) is 0 Å². The summed E-state index contributed by atoms with van der Waals surface area (Å²) in [5.74, 6) is -0.725. The van der Waals surface area contributed by atoms with Gasteiger partial charge in [0.25, 0.3) is 0 Å². The first-order chi connectivity index (χ1) is 8.08. The Morgan fingerprint density at radius 3 is 2.41 bits per heavy atom. The lowest BCUT2D eigenvalue weighted by atomic mass is 10.3. The van der Waals surface area contributed by atoms with Crippen LogP contribution < -0.4 is 4.90 Å². The Kier molecular flexibility index (Phi) is 3.24. The van der Waals surface area contributed by atoms with Gasteiger partial charge in [0.1, 0.15) is 5.82 Å². The maximum atomic E-state index is 13.6. The fraction of sp³-hybridized carbons (Fsp3) is 0.0833. The molecule has 17 heavy (non-hydrogen) atoms. The Bertz CT molecular complexity index is 529. The number of benzene rings is 1. The zero-order valence-corrected chi connectivity index (χ0v) is 9.75. The van der Waals surface area contributed by atoms with Crippen molar-refractivity contribution in [1.29, 1.82) is 0 Å². The zero-order chi connectivity index (χ0) is 12.4. The summed E-state index contributed by atoms with van der Waals surface area (Å²) in [6.07, 6.45) is 1.36. The molecule has 1 heterocycles. The Morgan fingerprint density at radius 2 is 1.82 bits per heavy atom. The Labute approximate surface area is 102 Å². The van der Waals surface area contributed by atoms with Gasteiger partial charge in [-0.15, -0.1) is 0 Å². The Morgan fingerprint density at radius 1 is 1.18 bits per heavy atom. The molecule has 0 spiro atoms. The number of halogens is 3. The molecule has 5 heteroatoms. The first-order valence-electron chi connectivity index (χ1n) is 4.88. The maximum absolute atomic E-state index is 13.6. The van der Waals surface area contributed by atoms with Crippen LogP contribution in [0.1, 0.15) is 0 Å². The smallest absolute Gasteiger partial charge is 0.169 e. The van der Waals surface area contributed by atoms with Crippen LogP contribution in [-0.2, 0) is 0 Å². The van der Waals surface area contributed by atoms with Crippen molar-refractivity contribution >= 4 is 23.1 Å². The second-order valence-corrected chi connectivity index (χ2v) is 3.93. The predicted octanol–water partition coefficient (Wildman–Crippen LogP) is 3.78. The first-order valence-corrected chi connectivity index (χ1v) is 5.26. The molecule has 0 atom stereocenters. The molecule has 0 aliphatic carbocycles. The fourth-order valence-corrected chi connectivity index (χ4v) is 1.59. The van der Waals surface area contributed by atoms with Gasteiger partial charge in [0.15, 0.2) is 11.6 Å². The van der Waals surface area contributed by atoms with Gasteiger partial charge in [-0.1, -0.05) is 11.6 Å². The minimum atomic E-state index is -0.524. The summed E-state index contributed by atoms with van der Waals surface area (Å²) >= 11 is 5.62. The lowest BCUT2D eigenvalue weighted by Gasteiger charge is -2.18. The van der Waals surface area contributed by atoms with Crippen LogP contribution in [0.3, 0.4) is 0 Å². The number of pyridine rings is 1. The number of hydrogen-bond donors (Lipinski definition) is 0. The van der Waals surface area contributed by atoms with Crippen molar-refractivity contribution in [2.75, 3.05) is 11.9 Å². The van der Waals surface area contributed by atoms with Crippen LogP contribution in [0.15, 0.2) is 36.5 Å². The highest BCUT2D eigenvalue weighted by Crippen LogP contribution is 2.25. The SMILES string of the molecule is CN(c1ccc(F)cc1)c1ncc(Cl)cc1F. The highest BCUT2D eigenvalue weighted by Gasteiger charge is 2.11. The molecule has 0 amide bonds. The van der Waals surface area contributed by atoms with Crippen LogP contribution >= 0.6 is 11.6 Å². The summed E-state index contributed by atoms with van der Waals surface area (Å²) in [7, 11) is 1.65. The topological polar surface area (TPSA) is 16.1 Å². The number of rotatable bonds is 2. The van der Waals surface area contributed by atoms with E-state index in [1.54, 1.807) is 19.2 Å². The number of anilines is 2. The molecule has 0 fully saturated rings. The van der Waals surface area contributed by atoms with Crippen LogP contribution in [-0.4, -0.2) is 12.0 Å². The van der Waals surface area contributed by atoms with E-state index in [-0.39, 0.29) is 16.7 Å². The monoisotopic (exact) mass is 254 g/mol. The predicted molar refractivity (Wildman–Crippen MR) is 63.7 cm³/mol. The van der Waals surface area contributed by atoms with Gasteiger partial charge in [0.2, 0.25) is 0 Å². The number of nitrogens with zero attached hydrogens (tertiary/aromatic N) is 2. The van der Waals surface area contributed by atoms with E-state index in [4.69, 9.17) is 11.6 Å². The molecule has 0 N–H and O–H groups in total. The summed E-state index contributed by atoms with van der Waals surface area (Å²) < 4.78 is 26.4. The van der Waals surface area contributed by atoms with E-state index in [1.165, 1.54) is 29.3 Å². The van der Waals surface area contributed by atoms with E-state index in [0.29, 0.717) is 5.69 Å². The lowest BCUT2D eigenvalue weighted by molar-refractivity contribution is 0.620. The van der Waals surface area contributed by atoms with Crippen molar-refractivity contribution in [1.82, 2.24) is 4.98 Å². The Hall–Kier alpha value is -1.68. The average molecular weight is 255 g/mol. The second kappa shape index (κ2) is 4.67. The molecule has 0 aliphatic heterocycles. The maximum Gasteiger partial charge on any atom is 0.169 e. The van der Waals surface area contributed by atoms with Gasteiger partial charge in [0.05, 0.1) is 5.02 Å². The molecular weight excluding hydrogens is 246 g/mol. The van der Waals surface area contributed by atoms with Crippen molar-refractivity contribution in [3.63, 3.8) is 0 Å². The Balaban J connectivity index is 2.36. The van der Waals surface area contributed by atoms with Gasteiger partial charge in [-0.05, 0) is 30.3 Å². The van der Waals surface area contributed by atoms with E-state index < -0.39 is 5.82 Å². The van der Waals surface area contributed by atoms with Crippen molar-refractivity contribution < 1.29 is 8.78 Å². The van der Waals surface area contributed by atoms with Gasteiger partial charge in [-0.25, -0.2) is 13.8 Å². The molecule has 0 saturated carbocycles. The van der Waals surface area contributed by atoms with Gasteiger partial charge in [-0.3, -0.25) is 0 Å². The van der Waals surface area contributed by atoms with E-state index in [2.05, 4.69) is 4.98 Å². The molecule has 0 aliphatic rings. The summed E-state index contributed by atoms with van der Waals surface area (Å²) in [5.41, 5.74) is 0.639. The molecule has 2 rings (SSSR count). The molecule has 0 radical (unpaired) electrons. The van der Waals surface area contributed by atoms with Gasteiger partial charge in [-0.2, -0.15) is 0 Å². The number of hydrogen-bond acceptors (Lipinski definition) is 2. The van der Waals surface area contributed by atoms with E-state index in [0.717, 1.165) is 0 Å². The molecule has 2 nitrogen and oxygen atoms in total. The van der Waals surface area contributed by atoms with Crippen LogP contribution in [0.2, 0.25) is 5.02 Å². The third-order valence-corrected chi connectivity index (χ3v) is 2.53. The quantitative estimate of drug-likeness (QED) is 0.811. The molecule has 0 bridgehead atoms. The van der Waals surface area contributed by atoms with Gasteiger partial charge in [0, 0.05) is 18.9 Å². The van der Waals surface area contributed by atoms with E-state index >= 15 is 0 Å². The second-order valence-electron chi connectivity index (χ2n) is 3.49. The van der Waals surface area contributed by atoms with Gasteiger partial charge < -0.3 is 4.90 Å². The van der Waals surface area contributed by atoms with Crippen molar-refractivity contribution in [3.8, 4) is 0 Å². The molecule has 0 unspecified atom stereocenters. The molecular formula is C12H9ClF2N2. The van der Waals surface area contributed by atoms with Crippen molar-refractivity contribution in [2.45, 2.75) is 0 Å². The lowest BCUT2D eigenvalue weighted by Crippen LogP contribution is -2.12. The largest absolute Gasteiger partial charge is 0.327 e. The normalized spacial score (nSPS) is 10.4. The summed E-state index contributed by atoms with van der Waals surface area (Å²) in [5, 5.41) is 0.235. The van der Waals surface area contributed by atoms with E-state index in [1.807, 2.05) is 0 Å². The molecule has 0 saturated heterocycles. The number of aromatic nitrogens is 1. The van der Waals surface area contributed by atoms with Crippen LogP contribution in [0, 0.1) is 11.6 Å². The first kappa shape index (κ1) is 11.8. The summed E-state index contributed by atoms with van der Waals surface area (Å²) in [4.78, 5) is 5.42. The van der Waals surface area contributed by atoms with Crippen LogP contribution in [0.4, 0.5) is 20.3 Å². The average Bonchev–Trinajstić information content (AvgIpc) is 2.29. The standard InChI is InChI=1S/C12H9ClF2N2/c1-17(10-4-2-9(14)3-5-10)12-11(15)6-8(13)7-16-12/h2-7H,1H3. The highest BCUT2D eigenvalue weighted by atomic mass is 35.5. The van der Waals surface area contributed by atoms with Crippen molar-refractivity contribution in [3.05, 3.63) is 53.2 Å². The molecule has 1 aromatic carbocycles. The molecule has 88 valence electrons. The third kappa shape index (κ3) is 2.53. The van der Waals surface area contributed by atoms with Crippen LogP contribution in [0.5, 0.6) is 0 Å².